The molecule has 1 heterocycles. The number of aryl methyl sites for hydroxylation is 1. The van der Waals surface area contributed by atoms with Crippen molar-refractivity contribution in [1.82, 2.24) is 5.16 Å². The summed E-state index contributed by atoms with van der Waals surface area (Å²) in [4.78, 5) is 11.7. The zero-order valence-corrected chi connectivity index (χ0v) is 11.5. The van der Waals surface area contributed by atoms with Crippen LogP contribution in [0, 0.1) is 6.92 Å². The van der Waals surface area contributed by atoms with Gasteiger partial charge in [-0.3, -0.25) is 0 Å². The van der Waals surface area contributed by atoms with Gasteiger partial charge in [0.1, 0.15) is 11.5 Å². The summed E-state index contributed by atoms with van der Waals surface area (Å²) in [5, 5.41) is 7.00. The second-order valence-electron chi connectivity index (χ2n) is 4.27. The van der Waals surface area contributed by atoms with E-state index in [2.05, 4.69) is 10.5 Å². The van der Waals surface area contributed by atoms with Gasteiger partial charge in [-0.2, -0.15) is 0 Å². The Hall–Kier alpha value is -2.50. The van der Waals surface area contributed by atoms with Crippen molar-refractivity contribution in [1.29, 1.82) is 0 Å². The molecule has 0 amide bonds. The number of anilines is 2. The van der Waals surface area contributed by atoms with Crippen molar-refractivity contribution in [3.63, 3.8) is 0 Å². The van der Waals surface area contributed by atoms with E-state index in [0.717, 1.165) is 11.5 Å². The molecule has 0 radical (unpaired) electrons. The summed E-state index contributed by atoms with van der Waals surface area (Å²) in [6.07, 6.45) is 0. The Morgan fingerprint density at radius 2 is 2.30 bits per heavy atom. The molecule has 0 aliphatic rings. The first-order chi connectivity index (χ1) is 9.61. The molecule has 3 N–H and O–H groups in total. The van der Waals surface area contributed by atoms with Gasteiger partial charge in [-0.15, -0.1) is 0 Å². The highest BCUT2D eigenvalue weighted by Gasteiger charge is 2.13. The van der Waals surface area contributed by atoms with Gasteiger partial charge in [-0.1, -0.05) is 11.2 Å². The average molecular weight is 275 g/mol. The number of nitrogens with one attached hydrogen (secondary N) is 1. The Balaban J connectivity index is 2.12. The van der Waals surface area contributed by atoms with Crippen LogP contribution in [0.5, 0.6) is 0 Å². The van der Waals surface area contributed by atoms with Crippen molar-refractivity contribution < 1.29 is 14.1 Å². The van der Waals surface area contributed by atoms with Crippen LogP contribution in [0.2, 0.25) is 0 Å². The number of hydrogen-bond donors (Lipinski definition) is 2. The molecule has 0 spiro atoms. The highest BCUT2D eigenvalue weighted by Crippen LogP contribution is 2.24. The van der Waals surface area contributed by atoms with Gasteiger partial charge in [0.05, 0.1) is 30.1 Å². The van der Waals surface area contributed by atoms with Crippen molar-refractivity contribution in [2.45, 2.75) is 20.4 Å². The number of carbonyl (C=O) groups is 1. The highest BCUT2D eigenvalue weighted by atomic mass is 16.5. The molecule has 20 heavy (non-hydrogen) atoms. The maximum absolute atomic E-state index is 11.7. The molecule has 2 rings (SSSR count). The second-order valence-corrected chi connectivity index (χ2v) is 4.27. The molecule has 1 aromatic heterocycles. The average Bonchev–Trinajstić information content (AvgIpc) is 2.83. The smallest absolute Gasteiger partial charge is 0.340 e. The van der Waals surface area contributed by atoms with E-state index in [0.29, 0.717) is 30.1 Å². The Bertz CT molecular complexity index is 607. The number of nitrogens with two attached hydrogens (primary N) is 1. The lowest BCUT2D eigenvalue weighted by atomic mass is 10.1. The van der Waals surface area contributed by atoms with Crippen molar-refractivity contribution in [2.24, 2.45) is 0 Å². The molecule has 0 atom stereocenters. The van der Waals surface area contributed by atoms with Crippen molar-refractivity contribution in [2.75, 3.05) is 17.7 Å². The van der Waals surface area contributed by atoms with E-state index in [1.165, 1.54) is 0 Å². The van der Waals surface area contributed by atoms with Gasteiger partial charge < -0.3 is 20.3 Å². The fourth-order valence-corrected chi connectivity index (χ4v) is 1.79. The molecule has 0 unspecified atom stereocenters. The van der Waals surface area contributed by atoms with Crippen LogP contribution in [0.25, 0.3) is 0 Å². The normalized spacial score (nSPS) is 10.3. The topological polar surface area (TPSA) is 90.4 Å². The quantitative estimate of drug-likeness (QED) is 0.643. The molecule has 106 valence electrons. The van der Waals surface area contributed by atoms with Gasteiger partial charge in [-0.05, 0) is 26.0 Å². The summed E-state index contributed by atoms with van der Waals surface area (Å²) < 4.78 is 9.94. The molecule has 6 nitrogen and oxygen atoms in total. The van der Waals surface area contributed by atoms with Crippen LogP contribution >= 0.6 is 0 Å². The number of carbonyl (C=O) groups excluding carboxylic acids is 1. The minimum Gasteiger partial charge on any atom is -0.462 e. The van der Waals surface area contributed by atoms with Crippen molar-refractivity contribution in [3.05, 3.63) is 41.3 Å². The molecule has 0 fully saturated rings. The molecule has 0 saturated heterocycles. The van der Waals surface area contributed by atoms with Crippen LogP contribution < -0.4 is 11.1 Å². The minimum atomic E-state index is -0.425. The lowest BCUT2D eigenvalue weighted by Crippen LogP contribution is -2.10. The number of para-hydroxylation sites is 1. The fraction of sp³-hybridized carbons (Fsp3) is 0.286. The number of nitrogens with zero attached hydrogens (tertiary/aromatic N) is 1. The zero-order chi connectivity index (χ0) is 14.5. The van der Waals surface area contributed by atoms with E-state index in [1.807, 2.05) is 13.0 Å². The molecule has 6 heteroatoms. The van der Waals surface area contributed by atoms with E-state index < -0.39 is 5.97 Å². The molecule has 0 saturated carbocycles. The Morgan fingerprint density at radius 3 is 2.95 bits per heavy atom. The third-order valence-corrected chi connectivity index (χ3v) is 2.74. The number of aromatic nitrogens is 1. The standard InChI is InChI=1S/C14H17N3O3/c1-3-19-14(18)11-5-4-6-12(13(11)15)16-8-10-7-9(2)20-17-10/h4-7,16H,3,8,15H2,1-2H3. The highest BCUT2D eigenvalue weighted by molar-refractivity contribution is 5.98. The summed E-state index contributed by atoms with van der Waals surface area (Å²) in [5.74, 6) is 0.320. The van der Waals surface area contributed by atoms with Gasteiger partial charge in [0.15, 0.2) is 0 Å². The summed E-state index contributed by atoms with van der Waals surface area (Å²) in [6, 6.07) is 7.02. The number of hydrogen-bond acceptors (Lipinski definition) is 6. The number of nitrogen functional groups attached to an aromatic ring is 1. The summed E-state index contributed by atoms with van der Waals surface area (Å²) >= 11 is 0. The summed E-state index contributed by atoms with van der Waals surface area (Å²) in [7, 11) is 0. The zero-order valence-electron chi connectivity index (χ0n) is 11.5. The fourth-order valence-electron chi connectivity index (χ4n) is 1.79. The predicted octanol–water partition coefficient (Wildman–Crippen LogP) is 2.35. The van der Waals surface area contributed by atoms with Crippen LogP contribution in [0.15, 0.2) is 28.8 Å². The van der Waals surface area contributed by atoms with Crippen LogP contribution in [-0.2, 0) is 11.3 Å². The third kappa shape index (κ3) is 3.09. The van der Waals surface area contributed by atoms with Crippen LogP contribution in [-0.4, -0.2) is 17.7 Å². The number of esters is 1. The maximum atomic E-state index is 11.7. The van der Waals surface area contributed by atoms with Gasteiger partial charge in [0.2, 0.25) is 0 Å². The first-order valence-electron chi connectivity index (χ1n) is 6.33. The van der Waals surface area contributed by atoms with Gasteiger partial charge in [0.25, 0.3) is 0 Å². The summed E-state index contributed by atoms with van der Waals surface area (Å²) in [6.45, 7) is 4.36. The largest absolute Gasteiger partial charge is 0.462 e. The van der Waals surface area contributed by atoms with E-state index in [4.69, 9.17) is 15.0 Å². The molecule has 1 aromatic carbocycles. The van der Waals surface area contributed by atoms with E-state index in [1.54, 1.807) is 25.1 Å². The van der Waals surface area contributed by atoms with Gasteiger partial charge >= 0.3 is 5.97 Å². The molecule has 0 aliphatic heterocycles. The Kier molecular flexibility index (Phi) is 4.24. The Labute approximate surface area is 116 Å². The minimum absolute atomic E-state index is 0.314. The number of rotatable bonds is 5. The molecular weight excluding hydrogens is 258 g/mol. The van der Waals surface area contributed by atoms with E-state index in [-0.39, 0.29) is 0 Å². The maximum Gasteiger partial charge on any atom is 0.340 e. The van der Waals surface area contributed by atoms with Crippen LogP contribution in [0.4, 0.5) is 11.4 Å². The first-order valence-corrected chi connectivity index (χ1v) is 6.33. The molecule has 0 aliphatic carbocycles. The Morgan fingerprint density at radius 1 is 1.50 bits per heavy atom. The second kappa shape index (κ2) is 6.10. The van der Waals surface area contributed by atoms with Crippen molar-refractivity contribution >= 4 is 17.3 Å². The molecule has 0 bridgehead atoms. The van der Waals surface area contributed by atoms with E-state index in [9.17, 15) is 4.79 Å². The van der Waals surface area contributed by atoms with Crippen LogP contribution in [0.3, 0.4) is 0 Å². The molecular formula is C14H17N3O3. The monoisotopic (exact) mass is 275 g/mol. The lowest BCUT2D eigenvalue weighted by molar-refractivity contribution is 0.0527. The first kappa shape index (κ1) is 13.9. The SMILES string of the molecule is CCOC(=O)c1cccc(NCc2cc(C)on2)c1N. The van der Waals surface area contributed by atoms with E-state index >= 15 is 0 Å². The summed E-state index contributed by atoms with van der Waals surface area (Å²) in [5.41, 5.74) is 8.13. The number of ether oxygens (including phenoxy) is 1. The van der Waals surface area contributed by atoms with Crippen LogP contribution in [0.1, 0.15) is 28.7 Å². The van der Waals surface area contributed by atoms with Gasteiger partial charge in [0, 0.05) is 6.07 Å². The number of benzene rings is 1. The third-order valence-electron chi connectivity index (χ3n) is 2.74. The van der Waals surface area contributed by atoms with Gasteiger partial charge in [-0.25, -0.2) is 4.79 Å². The predicted molar refractivity (Wildman–Crippen MR) is 75.4 cm³/mol. The molecule has 2 aromatic rings. The lowest BCUT2D eigenvalue weighted by Gasteiger charge is -2.11. The van der Waals surface area contributed by atoms with Crippen molar-refractivity contribution in [3.8, 4) is 0 Å².